The van der Waals surface area contributed by atoms with Crippen LogP contribution in [0.5, 0.6) is 0 Å². The van der Waals surface area contributed by atoms with Crippen LogP contribution < -0.4 is 0 Å². The van der Waals surface area contributed by atoms with Crippen LogP contribution in [0.25, 0.3) is 0 Å². The van der Waals surface area contributed by atoms with Gasteiger partial charge in [-0.3, -0.25) is 0 Å². The molecule has 0 spiro atoms. The number of hydrogen-bond acceptors (Lipinski definition) is 2. The second kappa shape index (κ2) is 4.61. The van der Waals surface area contributed by atoms with E-state index in [0.717, 1.165) is 0 Å². The molecule has 0 aliphatic carbocycles. The summed E-state index contributed by atoms with van der Waals surface area (Å²) in [5.41, 5.74) is -0.738. The van der Waals surface area contributed by atoms with Crippen LogP contribution in [0.15, 0.2) is 0 Å². The first kappa shape index (κ1) is 11.6. The molecule has 0 aromatic rings. The predicted octanol–water partition coefficient (Wildman–Crippen LogP) is 2.87. The van der Waals surface area contributed by atoms with Gasteiger partial charge >= 0.3 is 5.97 Å². The molecule has 0 radical (unpaired) electrons. The minimum absolute atomic E-state index is 0.466. The molecule has 0 fully saturated rings. The van der Waals surface area contributed by atoms with Gasteiger partial charge in [-0.1, -0.05) is 53.3 Å². The fourth-order valence-corrected chi connectivity index (χ4v) is 0.481. The van der Waals surface area contributed by atoms with Gasteiger partial charge in [0.05, 0.1) is 0 Å². The van der Waals surface area contributed by atoms with Crippen LogP contribution >= 0.6 is 46.4 Å². The van der Waals surface area contributed by atoms with E-state index in [1.54, 1.807) is 6.92 Å². The topological polar surface area (TPSA) is 26.3 Å². The maximum Gasteiger partial charge on any atom is 0.360 e. The Labute approximate surface area is 84.7 Å². The van der Waals surface area contributed by atoms with Gasteiger partial charge in [0.25, 0.3) is 3.79 Å². The summed E-state index contributed by atoms with van der Waals surface area (Å²) in [7, 11) is 0. The Morgan fingerprint density at radius 2 is 2.00 bits per heavy atom. The van der Waals surface area contributed by atoms with Crippen LogP contribution in [0.4, 0.5) is 0 Å². The van der Waals surface area contributed by atoms with Gasteiger partial charge in [0.15, 0.2) is 5.56 Å². The molecular weight excluding hydrogens is 234 g/mol. The van der Waals surface area contributed by atoms with Gasteiger partial charge in [-0.05, 0) is 6.42 Å². The molecule has 0 aromatic carbocycles. The number of alkyl halides is 4. The van der Waals surface area contributed by atoms with E-state index >= 15 is 0 Å². The molecule has 1 unspecified atom stereocenters. The lowest BCUT2D eigenvalue weighted by Gasteiger charge is -2.13. The van der Waals surface area contributed by atoms with E-state index in [1.807, 2.05) is 0 Å². The standard InChI is InChI=1S/C5H6Cl4O2/c1-2-3(6)11-4(10)5(7,8)9/h3H,2H2,1H3. The van der Waals surface area contributed by atoms with Gasteiger partial charge in [-0.25, -0.2) is 4.79 Å². The van der Waals surface area contributed by atoms with Crippen LogP contribution in [0, 0.1) is 0 Å². The number of carbonyl (C=O) groups excluding carboxylic acids is 1. The van der Waals surface area contributed by atoms with E-state index in [0.29, 0.717) is 6.42 Å². The number of rotatable bonds is 2. The summed E-state index contributed by atoms with van der Waals surface area (Å²) < 4.78 is 2.46. The molecule has 0 aliphatic heterocycles. The van der Waals surface area contributed by atoms with Crippen molar-refractivity contribution >= 4 is 52.4 Å². The zero-order chi connectivity index (χ0) is 9.07. The summed E-state index contributed by atoms with van der Waals surface area (Å²) >= 11 is 21.0. The van der Waals surface area contributed by atoms with Gasteiger partial charge in [-0.2, -0.15) is 0 Å². The molecule has 0 saturated heterocycles. The van der Waals surface area contributed by atoms with E-state index in [9.17, 15) is 4.79 Å². The van der Waals surface area contributed by atoms with E-state index in [4.69, 9.17) is 46.4 Å². The zero-order valence-electron chi connectivity index (χ0n) is 5.61. The fraction of sp³-hybridized carbons (Fsp3) is 0.800. The predicted molar refractivity (Wildman–Crippen MR) is 46.3 cm³/mol. The second-order valence-electron chi connectivity index (χ2n) is 1.72. The van der Waals surface area contributed by atoms with Crippen molar-refractivity contribution in [1.82, 2.24) is 0 Å². The molecule has 0 rings (SSSR count). The molecule has 0 saturated carbocycles. The first-order valence-electron chi connectivity index (χ1n) is 2.79. The van der Waals surface area contributed by atoms with Crippen molar-refractivity contribution in [2.75, 3.05) is 0 Å². The van der Waals surface area contributed by atoms with Gasteiger partial charge < -0.3 is 4.74 Å². The first-order chi connectivity index (χ1) is 4.88. The third kappa shape index (κ3) is 4.96. The molecule has 6 heteroatoms. The number of hydrogen-bond donors (Lipinski definition) is 0. The van der Waals surface area contributed by atoms with Crippen molar-refractivity contribution in [3.8, 4) is 0 Å². The average molecular weight is 240 g/mol. The Bertz CT molecular complexity index is 142. The monoisotopic (exact) mass is 238 g/mol. The normalized spacial score (nSPS) is 14.3. The number of ether oxygens (including phenoxy) is 1. The molecule has 11 heavy (non-hydrogen) atoms. The molecule has 0 heterocycles. The number of esters is 1. The van der Waals surface area contributed by atoms with Crippen molar-refractivity contribution in [1.29, 1.82) is 0 Å². The zero-order valence-corrected chi connectivity index (χ0v) is 8.64. The Kier molecular flexibility index (Phi) is 4.87. The fourth-order valence-electron chi connectivity index (χ4n) is 0.266. The minimum Gasteiger partial charge on any atom is -0.443 e. The third-order valence-electron chi connectivity index (χ3n) is 0.787. The molecular formula is C5H6Cl4O2. The first-order valence-corrected chi connectivity index (χ1v) is 4.36. The van der Waals surface area contributed by atoms with Crippen LogP contribution in [-0.4, -0.2) is 15.3 Å². The Hall–Kier alpha value is 0.630. The lowest BCUT2D eigenvalue weighted by atomic mass is 10.5. The lowest BCUT2D eigenvalue weighted by molar-refractivity contribution is -0.144. The smallest absolute Gasteiger partial charge is 0.360 e. The number of carbonyl (C=O) groups is 1. The van der Waals surface area contributed by atoms with Gasteiger partial charge in [-0.15, -0.1) is 0 Å². The summed E-state index contributed by atoms with van der Waals surface area (Å²) in [6.07, 6.45) is 0.466. The van der Waals surface area contributed by atoms with Crippen LogP contribution in [-0.2, 0) is 9.53 Å². The molecule has 0 aromatic heterocycles. The van der Waals surface area contributed by atoms with Gasteiger partial charge in [0, 0.05) is 0 Å². The number of halogens is 4. The summed E-state index contributed by atoms with van der Waals surface area (Å²) in [5, 5.41) is 0. The van der Waals surface area contributed by atoms with Crippen molar-refractivity contribution < 1.29 is 9.53 Å². The molecule has 0 amide bonds. The van der Waals surface area contributed by atoms with Crippen molar-refractivity contribution in [3.63, 3.8) is 0 Å². The quantitative estimate of drug-likeness (QED) is 0.547. The largest absolute Gasteiger partial charge is 0.443 e. The molecule has 2 nitrogen and oxygen atoms in total. The lowest BCUT2D eigenvalue weighted by Crippen LogP contribution is -2.24. The third-order valence-corrected chi connectivity index (χ3v) is 1.65. The summed E-state index contributed by atoms with van der Waals surface area (Å²) in [4.78, 5) is 10.7. The van der Waals surface area contributed by atoms with Crippen LogP contribution in [0.1, 0.15) is 13.3 Å². The SMILES string of the molecule is CCC(Cl)OC(=O)C(Cl)(Cl)Cl. The Morgan fingerprint density at radius 3 is 2.27 bits per heavy atom. The summed E-state index contributed by atoms with van der Waals surface area (Å²) in [6.45, 7) is 1.74. The van der Waals surface area contributed by atoms with Crippen molar-refractivity contribution in [2.45, 2.75) is 22.7 Å². The van der Waals surface area contributed by atoms with Gasteiger partial charge in [0.2, 0.25) is 0 Å². The molecule has 0 N–H and O–H groups in total. The van der Waals surface area contributed by atoms with E-state index < -0.39 is 15.3 Å². The average Bonchev–Trinajstić information content (AvgIpc) is 1.85. The highest BCUT2D eigenvalue weighted by Crippen LogP contribution is 2.28. The molecule has 1 atom stereocenters. The van der Waals surface area contributed by atoms with Crippen molar-refractivity contribution in [2.24, 2.45) is 0 Å². The highest BCUT2D eigenvalue weighted by Gasteiger charge is 2.33. The Morgan fingerprint density at radius 1 is 1.55 bits per heavy atom. The highest BCUT2D eigenvalue weighted by atomic mass is 35.6. The molecule has 0 bridgehead atoms. The van der Waals surface area contributed by atoms with Crippen LogP contribution in [0.3, 0.4) is 0 Å². The van der Waals surface area contributed by atoms with E-state index in [2.05, 4.69) is 4.74 Å². The Balaban J connectivity index is 3.88. The summed E-state index contributed by atoms with van der Waals surface area (Å²) in [5.74, 6) is -0.954. The maximum atomic E-state index is 10.7. The summed E-state index contributed by atoms with van der Waals surface area (Å²) in [6, 6.07) is 0. The van der Waals surface area contributed by atoms with Crippen LogP contribution in [0.2, 0.25) is 0 Å². The van der Waals surface area contributed by atoms with Gasteiger partial charge in [0.1, 0.15) is 0 Å². The van der Waals surface area contributed by atoms with E-state index in [-0.39, 0.29) is 0 Å². The molecule has 66 valence electrons. The van der Waals surface area contributed by atoms with Crippen molar-refractivity contribution in [3.05, 3.63) is 0 Å². The van der Waals surface area contributed by atoms with E-state index in [1.165, 1.54) is 0 Å². The molecule has 0 aliphatic rings. The highest BCUT2D eigenvalue weighted by molar-refractivity contribution is 6.75. The maximum absolute atomic E-state index is 10.7. The minimum atomic E-state index is -2.04. The second-order valence-corrected chi connectivity index (χ2v) is 4.49.